The summed E-state index contributed by atoms with van der Waals surface area (Å²) in [5, 5.41) is 11.5. The van der Waals surface area contributed by atoms with Crippen molar-refractivity contribution in [1.82, 2.24) is 20.5 Å². The lowest BCUT2D eigenvalue weighted by molar-refractivity contribution is 0.0938. The smallest absolute Gasteiger partial charge is 0.252 e. The monoisotopic (exact) mass is 516 g/mol. The number of carbonyl (C=O) groups excluding carboxylic acids is 1. The number of hydrogen-bond donors (Lipinski definition) is 1. The highest BCUT2D eigenvalue weighted by atomic mass is 16.5. The molecular formula is C30H36N4O4. The summed E-state index contributed by atoms with van der Waals surface area (Å²) in [5.74, 6) is 2.00. The minimum absolute atomic E-state index is 0.158. The van der Waals surface area contributed by atoms with Crippen molar-refractivity contribution in [2.24, 2.45) is 0 Å². The first-order valence-corrected chi connectivity index (χ1v) is 12.8. The van der Waals surface area contributed by atoms with Gasteiger partial charge in [0.2, 0.25) is 0 Å². The van der Waals surface area contributed by atoms with Gasteiger partial charge in [-0.2, -0.15) is 0 Å². The Morgan fingerprint density at radius 1 is 0.921 bits per heavy atom. The molecule has 1 N–H and O–H groups in total. The summed E-state index contributed by atoms with van der Waals surface area (Å²) in [7, 11) is 3.99. The van der Waals surface area contributed by atoms with Crippen LogP contribution in [0.25, 0.3) is 22.3 Å². The van der Waals surface area contributed by atoms with Gasteiger partial charge in [-0.25, -0.2) is 0 Å². The second kappa shape index (κ2) is 11.2. The van der Waals surface area contributed by atoms with Gasteiger partial charge in [-0.3, -0.25) is 4.79 Å². The third-order valence-corrected chi connectivity index (χ3v) is 6.71. The molecule has 2 aromatic carbocycles. The average molecular weight is 517 g/mol. The van der Waals surface area contributed by atoms with Crippen LogP contribution in [-0.4, -0.2) is 48.4 Å². The summed E-state index contributed by atoms with van der Waals surface area (Å²) in [6.07, 6.45) is 0. The van der Waals surface area contributed by atoms with Crippen LogP contribution in [0.15, 0.2) is 45.4 Å². The van der Waals surface area contributed by atoms with Crippen LogP contribution in [0.5, 0.6) is 5.75 Å². The van der Waals surface area contributed by atoms with E-state index in [9.17, 15) is 4.79 Å². The molecule has 8 nitrogen and oxygen atoms in total. The fourth-order valence-electron chi connectivity index (χ4n) is 4.62. The van der Waals surface area contributed by atoms with Gasteiger partial charge in [-0.15, -0.1) is 0 Å². The number of carbonyl (C=O) groups is 1. The van der Waals surface area contributed by atoms with Crippen LogP contribution >= 0.6 is 0 Å². The first kappa shape index (κ1) is 27.1. The third-order valence-electron chi connectivity index (χ3n) is 6.71. The summed E-state index contributed by atoms with van der Waals surface area (Å²) >= 11 is 0. The van der Waals surface area contributed by atoms with Gasteiger partial charge in [-0.05, 0) is 108 Å². The second-order valence-corrected chi connectivity index (χ2v) is 10.1. The zero-order chi connectivity index (χ0) is 27.6. The zero-order valence-corrected chi connectivity index (χ0v) is 23.4. The van der Waals surface area contributed by atoms with E-state index in [-0.39, 0.29) is 11.9 Å². The maximum absolute atomic E-state index is 13.4. The minimum atomic E-state index is -0.278. The average Bonchev–Trinajstić information content (AvgIpc) is 3.38. The predicted molar refractivity (Wildman–Crippen MR) is 147 cm³/mol. The molecule has 38 heavy (non-hydrogen) atoms. The molecule has 0 unspecified atom stereocenters. The second-order valence-electron chi connectivity index (χ2n) is 10.1. The molecule has 0 aliphatic heterocycles. The summed E-state index contributed by atoms with van der Waals surface area (Å²) in [5.41, 5.74) is 7.84. The molecule has 2 aromatic heterocycles. The highest BCUT2D eigenvalue weighted by Crippen LogP contribution is 2.36. The number of benzene rings is 2. The minimum Gasteiger partial charge on any atom is -0.492 e. The number of aryl methyl sites for hydroxylation is 5. The molecule has 0 aliphatic rings. The van der Waals surface area contributed by atoms with Crippen molar-refractivity contribution in [1.29, 1.82) is 0 Å². The van der Waals surface area contributed by atoms with E-state index >= 15 is 0 Å². The molecule has 1 atom stereocenters. The van der Waals surface area contributed by atoms with Gasteiger partial charge in [-0.1, -0.05) is 16.4 Å². The van der Waals surface area contributed by atoms with Gasteiger partial charge in [0.15, 0.2) is 0 Å². The van der Waals surface area contributed by atoms with Crippen molar-refractivity contribution < 1.29 is 18.6 Å². The van der Waals surface area contributed by atoms with Gasteiger partial charge in [0.05, 0.1) is 17.4 Å². The number of nitrogens with one attached hydrogen (secondary N) is 1. The summed E-state index contributed by atoms with van der Waals surface area (Å²) in [6.45, 7) is 12.9. The molecule has 0 aliphatic carbocycles. The standard InChI is InChI=1S/C30H36N4O4/c1-17-9-10-26(36-12-11-34(7)8)16-27(17)30(35)31-18(2)23-13-24(28-19(3)32-37-21(28)5)15-25(14-23)29-20(4)33-38-22(29)6/h9-10,13-16,18H,11-12H2,1-8H3,(H,31,35)/t18-/m1/s1. The van der Waals surface area contributed by atoms with Crippen molar-refractivity contribution in [2.75, 3.05) is 27.2 Å². The van der Waals surface area contributed by atoms with E-state index in [1.54, 1.807) is 0 Å². The highest BCUT2D eigenvalue weighted by molar-refractivity contribution is 5.96. The Hall–Kier alpha value is -3.91. The number of amides is 1. The molecule has 200 valence electrons. The van der Waals surface area contributed by atoms with E-state index in [4.69, 9.17) is 13.8 Å². The van der Waals surface area contributed by atoms with E-state index in [0.29, 0.717) is 17.9 Å². The van der Waals surface area contributed by atoms with Crippen molar-refractivity contribution in [2.45, 2.75) is 47.6 Å². The van der Waals surface area contributed by atoms with Gasteiger partial charge in [0.1, 0.15) is 23.9 Å². The van der Waals surface area contributed by atoms with Gasteiger partial charge < -0.3 is 24.0 Å². The first-order chi connectivity index (χ1) is 18.0. The fraction of sp³-hybridized carbons (Fsp3) is 0.367. The Balaban J connectivity index is 1.66. The van der Waals surface area contributed by atoms with Crippen molar-refractivity contribution in [3.05, 3.63) is 76.0 Å². The Kier molecular flexibility index (Phi) is 8.02. The maximum Gasteiger partial charge on any atom is 0.252 e. The summed E-state index contributed by atoms with van der Waals surface area (Å²) < 4.78 is 16.8. The molecule has 1 amide bonds. The van der Waals surface area contributed by atoms with Crippen LogP contribution in [0.4, 0.5) is 0 Å². The molecule has 0 saturated heterocycles. The fourth-order valence-corrected chi connectivity index (χ4v) is 4.62. The van der Waals surface area contributed by atoms with E-state index < -0.39 is 0 Å². The number of ether oxygens (including phenoxy) is 1. The largest absolute Gasteiger partial charge is 0.492 e. The Morgan fingerprint density at radius 2 is 1.50 bits per heavy atom. The maximum atomic E-state index is 13.4. The first-order valence-electron chi connectivity index (χ1n) is 12.8. The molecule has 8 heteroatoms. The van der Waals surface area contributed by atoms with Crippen molar-refractivity contribution in [3.63, 3.8) is 0 Å². The lowest BCUT2D eigenvalue weighted by Crippen LogP contribution is -2.27. The van der Waals surface area contributed by atoms with Gasteiger partial charge in [0, 0.05) is 23.2 Å². The molecule has 0 radical (unpaired) electrons. The molecule has 0 spiro atoms. The van der Waals surface area contributed by atoms with Crippen LogP contribution in [0.2, 0.25) is 0 Å². The Morgan fingerprint density at radius 3 is 2.00 bits per heavy atom. The number of aromatic nitrogens is 2. The van der Waals surface area contributed by atoms with E-state index in [2.05, 4.69) is 38.7 Å². The van der Waals surface area contributed by atoms with E-state index in [1.165, 1.54) is 0 Å². The van der Waals surface area contributed by atoms with Gasteiger partial charge >= 0.3 is 0 Å². The molecule has 0 fully saturated rings. The number of hydrogen-bond acceptors (Lipinski definition) is 7. The molecule has 4 aromatic rings. The lowest BCUT2D eigenvalue weighted by atomic mass is 9.92. The number of likely N-dealkylation sites (N-methyl/N-ethyl adjacent to an activating group) is 1. The van der Waals surface area contributed by atoms with Crippen molar-refractivity contribution in [3.8, 4) is 28.0 Å². The molecule has 4 rings (SSSR count). The number of rotatable bonds is 9. The molecule has 2 heterocycles. The van der Waals surface area contributed by atoms with E-state index in [1.807, 2.05) is 73.8 Å². The zero-order valence-electron chi connectivity index (χ0n) is 23.4. The van der Waals surface area contributed by atoms with Crippen LogP contribution in [0, 0.1) is 34.6 Å². The van der Waals surface area contributed by atoms with Crippen LogP contribution in [0.3, 0.4) is 0 Å². The van der Waals surface area contributed by atoms with Crippen LogP contribution in [-0.2, 0) is 0 Å². The molecule has 0 saturated carbocycles. The van der Waals surface area contributed by atoms with Crippen LogP contribution < -0.4 is 10.1 Å². The van der Waals surface area contributed by atoms with Crippen LogP contribution in [0.1, 0.15) is 57.4 Å². The Labute approximate surface area is 223 Å². The summed E-state index contributed by atoms with van der Waals surface area (Å²) in [6, 6.07) is 11.6. The van der Waals surface area contributed by atoms with E-state index in [0.717, 1.165) is 62.8 Å². The van der Waals surface area contributed by atoms with Crippen molar-refractivity contribution >= 4 is 5.91 Å². The number of nitrogens with zero attached hydrogens (tertiary/aromatic N) is 3. The molecular weight excluding hydrogens is 480 g/mol. The third kappa shape index (κ3) is 5.81. The highest BCUT2D eigenvalue weighted by Gasteiger charge is 2.21. The topological polar surface area (TPSA) is 93.6 Å². The molecule has 0 bridgehead atoms. The van der Waals surface area contributed by atoms with Gasteiger partial charge in [0.25, 0.3) is 5.91 Å². The predicted octanol–water partition coefficient (Wildman–Crippen LogP) is 5.97. The Bertz CT molecular complexity index is 1350. The SMILES string of the molecule is Cc1ccc(OCCN(C)C)cc1C(=O)N[C@H](C)c1cc(-c2c(C)noc2C)cc(-c2c(C)noc2C)c1. The quantitative estimate of drug-likeness (QED) is 0.293. The lowest BCUT2D eigenvalue weighted by Gasteiger charge is -2.19. The summed E-state index contributed by atoms with van der Waals surface area (Å²) in [4.78, 5) is 15.5. The normalized spacial score (nSPS) is 12.1.